The van der Waals surface area contributed by atoms with Crippen LogP contribution >= 0.6 is 0 Å². The maximum absolute atomic E-state index is 14.4. The van der Waals surface area contributed by atoms with Crippen LogP contribution in [-0.2, 0) is 12.8 Å². The van der Waals surface area contributed by atoms with Gasteiger partial charge in [-0.2, -0.15) is 0 Å². The van der Waals surface area contributed by atoms with Gasteiger partial charge >= 0.3 is 0 Å². The molecule has 3 heteroatoms. The highest BCUT2D eigenvalue weighted by Gasteiger charge is 2.22. The third-order valence-corrected chi connectivity index (χ3v) is 3.60. The lowest BCUT2D eigenvalue weighted by atomic mass is 9.93. The van der Waals surface area contributed by atoms with Crippen LogP contribution in [0, 0.1) is 5.82 Å². The molecule has 0 amide bonds. The zero-order valence-electron chi connectivity index (χ0n) is 12.5. The Hall–Kier alpha value is -1.09. The Bertz CT molecular complexity index is 429. The molecule has 1 aromatic rings. The smallest absolute Gasteiger partial charge is 0.133 e. The summed E-state index contributed by atoms with van der Waals surface area (Å²) in [5.74, 6) is -0.131. The minimum atomic E-state index is -0.218. The maximum Gasteiger partial charge on any atom is 0.133 e. The summed E-state index contributed by atoms with van der Waals surface area (Å²) in [7, 11) is 0. The summed E-state index contributed by atoms with van der Waals surface area (Å²) >= 11 is 0. The number of nitrogens with two attached hydrogens (primary N) is 1. The zero-order valence-corrected chi connectivity index (χ0v) is 12.5. The summed E-state index contributed by atoms with van der Waals surface area (Å²) < 4.78 is 14.4. The number of phenolic OH excluding ortho intramolecular Hbond substituents is 1. The molecule has 1 unspecified atom stereocenters. The second-order valence-corrected chi connectivity index (χ2v) is 5.25. The van der Waals surface area contributed by atoms with Gasteiger partial charge in [0.2, 0.25) is 0 Å². The first kappa shape index (κ1) is 16.0. The number of rotatable bonds is 1. The lowest BCUT2D eigenvalue weighted by Gasteiger charge is -2.15. The van der Waals surface area contributed by atoms with Gasteiger partial charge < -0.3 is 10.8 Å². The SMILES string of the molecule is CC.CC(C)c1c(O)cc2c(c1F)CCC(N)CC2. The normalized spacial score (nSPS) is 18.4. The van der Waals surface area contributed by atoms with E-state index in [2.05, 4.69) is 0 Å². The first-order valence-corrected chi connectivity index (χ1v) is 7.29. The van der Waals surface area contributed by atoms with Gasteiger partial charge in [-0.05, 0) is 48.8 Å². The predicted octanol–water partition coefficient (Wildman–Crippen LogP) is 3.89. The standard InChI is InChI=1S/C14H20FNO.C2H6/c1-8(2)13-12(17)7-9-3-4-10(16)5-6-11(9)14(13)15;1-2/h7-8,10,17H,3-6,16H2,1-2H3;1-2H3. The van der Waals surface area contributed by atoms with E-state index >= 15 is 0 Å². The average molecular weight is 267 g/mol. The number of aromatic hydroxyl groups is 1. The van der Waals surface area contributed by atoms with Crippen molar-refractivity contribution in [3.63, 3.8) is 0 Å². The van der Waals surface area contributed by atoms with Crippen molar-refractivity contribution in [1.29, 1.82) is 0 Å². The van der Waals surface area contributed by atoms with Gasteiger partial charge in [0.1, 0.15) is 11.6 Å². The Kier molecular flexibility index (Phi) is 5.80. The third-order valence-electron chi connectivity index (χ3n) is 3.60. The lowest BCUT2D eigenvalue weighted by Crippen LogP contribution is -2.19. The molecule has 2 rings (SSSR count). The van der Waals surface area contributed by atoms with Crippen molar-refractivity contribution in [2.75, 3.05) is 0 Å². The van der Waals surface area contributed by atoms with Crippen LogP contribution in [0.15, 0.2) is 6.07 Å². The molecular formula is C16H26FNO. The Morgan fingerprint density at radius 2 is 1.84 bits per heavy atom. The molecule has 0 bridgehead atoms. The maximum atomic E-state index is 14.4. The van der Waals surface area contributed by atoms with Gasteiger partial charge in [-0.1, -0.05) is 27.7 Å². The Morgan fingerprint density at radius 1 is 1.26 bits per heavy atom. The molecule has 0 heterocycles. The molecule has 0 fully saturated rings. The number of hydrogen-bond acceptors (Lipinski definition) is 2. The highest BCUT2D eigenvalue weighted by molar-refractivity contribution is 5.45. The number of fused-ring (bicyclic) bond motifs is 1. The fourth-order valence-corrected chi connectivity index (χ4v) is 2.60. The minimum Gasteiger partial charge on any atom is -0.508 e. The first-order valence-electron chi connectivity index (χ1n) is 7.29. The number of benzene rings is 1. The molecule has 0 radical (unpaired) electrons. The zero-order chi connectivity index (χ0) is 14.6. The summed E-state index contributed by atoms with van der Waals surface area (Å²) in [6.45, 7) is 7.79. The van der Waals surface area contributed by atoms with Gasteiger partial charge in [0.15, 0.2) is 0 Å². The Labute approximate surface area is 115 Å². The van der Waals surface area contributed by atoms with Gasteiger partial charge in [0.25, 0.3) is 0 Å². The highest BCUT2D eigenvalue weighted by Crippen LogP contribution is 2.35. The van der Waals surface area contributed by atoms with Crippen molar-refractivity contribution in [2.24, 2.45) is 5.73 Å². The van der Waals surface area contributed by atoms with E-state index in [9.17, 15) is 9.50 Å². The van der Waals surface area contributed by atoms with E-state index in [1.807, 2.05) is 27.7 Å². The van der Waals surface area contributed by atoms with E-state index in [-0.39, 0.29) is 23.5 Å². The number of phenols is 1. The van der Waals surface area contributed by atoms with Crippen LogP contribution in [0.1, 0.15) is 63.1 Å². The molecule has 1 aliphatic carbocycles. The fraction of sp³-hybridized carbons (Fsp3) is 0.625. The molecule has 0 saturated carbocycles. The molecule has 0 aliphatic heterocycles. The van der Waals surface area contributed by atoms with E-state index in [4.69, 9.17) is 5.73 Å². The number of halogens is 1. The van der Waals surface area contributed by atoms with Gasteiger partial charge in [-0.3, -0.25) is 0 Å². The summed E-state index contributed by atoms with van der Waals surface area (Å²) in [6.07, 6.45) is 3.14. The van der Waals surface area contributed by atoms with Crippen molar-refractivity contribution in [3.8, 4) is 5.75 Å². The van der Waals surface area contributed by atoms with E-state index in [1.165, 1.54) is 0 Å². The quantitative estimate of drug-likeness (QED) is 0.758. The van der Waals surface area contributed by atoms with Gasteiger partial charge in [0, 0.05) is 11.6 Å². The monoisotopic (exact) mass is 267 g/mol. The molecule has 2 nitrogen and oxygen atoms in total. The summed E-state index contributed by atoms with van der Waals surface area (Å²) in [6, 6.07) is 1.87. The molecule has 1 aromatic carbocycles. The number of hydrogen-bond donors (Lipinski definition) is 2. The van der Waals surface area contributed by atoms with E-state index in [0.717, 1.165) is 30.4 Å². The molecule has 0 spiro atoms. The van der Waals surface area contributed by atoms with Crippen molar-refractivity contribution in [1.82, 2.24) is 0 Å². The van der Waals surface area contributed by atoms with Crippen LogP contribution in [-0.4, -0.2) is 11.1 Å². The van der Waals surface area contributed by atoms with Crippen LogP contribution in [0.25, 0.3) is 0 Å². The highest BCUT2D eigenvalue weighted by atomic mass is 19.1. The van der Waals surface area contributed by atoms with E-state index in [0.29, 0.717) is 12.0 Å². The lowest BCUT2D eigenvalue weighted by molar-refractivity contribution is 0.450. The Morgan fingerprint density at radius 3 is 2.42 bits per heavy atom. The molecule has 3 N–H and O–H groups in total. The Balaban J connectivity index is 0.000000861. The molecule has 108 valence electrons. The second-order valence-electron chi connectivity index (χ2n) is 5.25. The van der Waals surface area contributed by atoms with Gasteiger partial charge in [-0.25, -0.2) is 4.39 Å². The molecule has 19 heavy (non-hydrogen) atoms. The topological polar surface area (TPSA) is 46.2 Å². The molecular weight excluding hydrogens is 241 g/mol. The molecule has 1 atom stereocenters. The van der Waals surface area contributed by atoms with Crippen molar-refractivity contribution >= 4 is 0 Å². The fourth-order valence-electron chi connectivity index (χ4n) is 2.60. The molecule has 1 aliphatic rings. The first-order chi connectivity index (χ1) is 9.00. The summed E-state index contributed by atoms with van der Waals surface area (Å²) in [5, 5.41) is 9.90. The van der Waals surface area contributed by atoms with Crippen LogP contribution in [0.5, 0.6) is 5.75 Å². The number of aryl methyl sites for hydroxylation is 1. The third kappa shape index (κ3) is 3.47. The summed E-state index contributed by atoms with van der Waals surface area (Å²) in [5.41, 5.74) is 8.05. The van der Waals surface area contributed by atoms with E-state index < -0.39 is 0 Å². The van der Waals surface area contributed by atoms with Crippen molar-refractivity contribution in [3.05, 3.63) is 28.6 Å². The molecule has 0 saturated heterocycles. The summed E-state index contributed by atoms with van der Waals surface area (Å²) in [4.78, 5) is 0. The molecule has 0 aromatic heterocycles. The average Bonchev–Trinajstić information content (AvgIpc) is 2.54. The van der Waals surface area contributed by atoms with Crippen molar-refractivity contribution in [2.45, 2.75) is 65.3 Å². The largest absolute Gasteiger partial charge is 0.508 e. The van der Waals surface area contributed by atoms with Crippen LogP contribution in [0.3, 0.4) is 0 Å². The van der Waals surface area contributed by atoms with Crippen LogP contribution in [0.2, 0.25) is 0 Å². The van der Waals surface area contributed by atoms with Gasteiger partial charge in [0.05, 0.1) is 0 Å². The minimum absolute atomic E-state index is 0.00257. The van der Waals surface area contributed by atoms with E-state index in [1.54, 1.807) is 6.07 Å². The van der Waals surface area contributed by atoms with Crippen LogP contribution in [0.4, 0.5) is 4.39 Å². The second kappa shape index (κ2) is 6.90. The van der Waals surface area contributed by atoms with Gasteiger partial charge in [-0.15, -0.1) is 0 Å². The van der Waals surface area contributed by atoms with Crippen molar-refractivity contribution < 1.29 is 9.50 Å². The van der Waals surface area contributed by atoms with Crippen LogP contribution < -0.4 is 5.73 Å². The predicted molar refractivity (Wildman–Crippen MR) is 78.1 cm³/mol.